The maximum absolute atomic E-state index is 4.24. The standard InChI is InChI=1S/C16H17N3/c1-3-13-8-9-14(12(2)10-13)11-19-16-7-5-4-6-15(16)17-18-19/h4-10H,3,11H2,1-2H3. The molecule has 96 valence electrons. The summed E-state index contributed by atoms with van der Waals surface area (Å²) in [5.74, 6) is 0. The molecule has 0 fully saturated rings. The molecule has 0 bridgehead atoms. The summed E-state index contributed by atoms with van der Waals surface area (Å²) in [4.78, 5) is 0. The molecule has 0 aliphatic carbocycles. The number of hydrogen-bond acceptors (Lipinski definition) is 2. The molecular weight excluding hydrogens is 234 g/mol. The summed E-state index contributed by atoms with van der Waals surface area (Å²) >= 11 is 0. The van der Waals surface area contributed by atoms with Crippen LogP contribution in [0, 0.1) is 6.92 Å². The van der Waals surface area contributed by atoms with Crippen molar-refractivity contribution < 1.29 is 0 Å². The van der Waals surface area contributed by atoms with Crippen molar-refractivity contribution in [3.8, 4) is 0 Å². The first-order valence-corrected chi connectivity index (χ1v) is 6.64. The van der Waals surface area contributed by atoms with Crippen LogP contribution in [0.3, 0.4) is 0 Å². The smallest absolute Gasteiger partial charge is 0.113 e. The van der Waals surface area contributed by atoms with E-state index in [9.17, 15) is 0 Å². The van der Waals surface area contributed by atoms with Crippen LogP contribution in [0.25, 0.3) is 11.0 Å². The highest BCUT2D eigenvalue weighted by Gasteiger charge is 2.06. The summed E-state index contributed by atoms with van der Waals surface area (Å²) in [5.41, 5.74) is 6.03. The van der Waals surface area contributed by atoms with Crippen LogP contribution in [0.1, 0.15) is 23.6 Å². The fourth-order valence-electron chi connectivity index (χ4n) is 2.35. The van der Waals surface area contributed by atoms with Crippen LogP contribution in [0.2, 0.25) is 0 Å². The Bertz CT molecular complexity index is 713. The maximum atomic E-state index is 4.24. The van der Waals surface area contributed by atoms with E-state index in [0.717, 1.165) is 24.0 Å². The number of hydrogen-bond donors (Lipinski definition) is 0. The van der Waals surface area contributed by atoms with E-state index in [-0.39, 0.29) is 0 Å². The van der Waals surface area contributed by atoms with Gasteiger partial charge in [0, 0.05) is 0 Å². The van der Waals surface area contributed by atoms with Crippen molar-refractivity contribution in [2.45, 2.75) is 26.8 Å². The Balaban J connectivity index is 1.97. The largest absolute Gasteiger partial charge is 0.240 e. The Hall–Kier alpha value is -2.16. The summed E-state index contributed by atoms with van der Waals surface area (Å²) in [6.45, 7) is 5.11. The van der Waals surface area contributed by atoms with Crippen molar-refractivity contribution in [2.75, 3.05) is 0 Å². The zero-order valence-electron chi connectivity index (χ0n) is 11.3. The van der Waals surface area contributed by atoms with E-state index >= 15 is 0 Å². The predicted molar refractivity (Wildman–Crippen MR) is 77.2 cm³/mol. The van der Waals surface area contributed by atoms with Gasteiger partial charge in [-0.25, -0.2) is 4.68 Å². The van der Waals surface area contributed by atoms with E-state index in [1.165, 1.54) is 16.7 Å². The van der Waals surface area contributed by atoms with E-state index in [4.69, 9.17) is 0 Å². The van der Waals surface area contributed by atoms with Crippen molar-refractivity contribution in [2.24, 2.45) is 0 Å². The molecule has 3 rings (SSSR count). The lowest BCUT2D eigenvalue weighted by Gasteiger charge is -2.08. The Morgan fingerprint density at radius 2 is 1.95 bits per heavy atom. The van der Waals surface area contributed by atoms with Crippen LogP contribution in [-0.4, -0.2) is 15.0 Å². The van der Waals surface area contributed by atoms with Gasteiger partial charge in [-0.15, -0.1) is 5.10 Å². The van der Waals surface area contributed by atoms with Crippen LogP contribution >= 0.6 is 0 Å². The highest BCUT2D eigenvalue weighted by atomic mass is 15.4. The molecule has 0 amide bonds. The van der Waals surface area contributed by atoms with Gasteiger partial charge in [-0.3, -0.25) is 0 Å². The summed E-state index contributed by atoms with van der Waals surface area (Å²) in [6, 6.07) is 14.7. The van der Waals surface area contributed by atoms with Crippen LogP contribution in [0.5, 0.6) is 0 Å². The second-order valence-corrected chi connectivity index (χ2v) is 4.85. The van der Waals surface area contributed by atoms with E-state index in [0.29, 0.717) is 0 Å². The number of nitrogens with zero attached hydrogens (tertiary/aromatic N) is 3. The maximum Gasteiger partial charge on any atom is 0.113 e. The molecule has 3 aromatic rings. The normalized spacial score (nSPS) is 11.1. The molecule has 0 aliphatic rings. The summed E-state index contributed by atoms with van der Waals surface area (Å²) in [5, 5.41) is 8.43. The quantitative estimate of drug-likeness (QED) is 0.714. The summed E-state index contributed by atoms with van der Waals surface area (Å²) < 4.78 is 1.96. The molecule has 0 saturated heterocycles. The van der Waals surface area contributed by atoms with Gasteiger partial charge in [0.05, 0.1) is 12.1 Å². The van der Waals surface area contributed by atoms with Gasteiger partial charge in [0.2, 0.25) is 0 Å². The first-order chi connectivity index (χ1) is 9.28. The Morgan fingerprint density at radius 1 is 1.11 bits per heavy atom. The second kappa shape index (κ2) is 4.84. The number of rotatable bonds is 3. The Labute approximate surface area is 112 Å². The number of benzene rings is 2. The van der Waals surface area contributed by atoms with Gasteiger partial charge < -0.3 is 0 Å². The van der Waals surface area contributed by atoms with Crippen LogP contribution < -0.4 is 0 Å². The number of para-hydroxylation sites is 1. The minimum atomic E-state index is 0.774. The molecule has 0 unspecified atom stereocenters. The van der Waals surface area contributed by atoms with Gasteiger partial charge in [0.25, 0.3) is 0 Å². The first-order valence-electron chi connectivity index (χ1n) is 6.64. The third-order valence-electron chi connectivity index (χ3n) is 3.56. The SMILES string of the molecule is CCc1ccc(Cn2nnc3ccccc32)c(C)c1. The highest BCUT2D eigenvalue weighted by Crippen LogP contribution is 2.16. The van der Waals surface area contributed by atoms with Gasteiger partial charge in [0.15, 0.2) is 0 Å². The molecule has 0 aliphatic heterocycles. The summed E-state index contributed by atoms with van der Waals surface area (Å²) in [7, 11) is 0. The van der Waals surface area contributed by atoms with E-state index in [1.807, 2.05) is 22.9 Å². The van der Waals surface area contributed by atoms with Crippen molar-refractivity contribution in [1.82, 2.24) is 15.0 Å². The highest BCUT2D eigenvalue weighted by molar-refractivity contribution is 5.73. The zero-order valence-corrected chi connectivity index (χ0v) is 11.3. The fourth-order valence-corrected chi connectivity index (χ4v) is 2.35. The predicted octanol–water partition coefficient (Wildman–Crippen LogP) is 3.35. The summed E-state index contributed by atoms with van der Waals surface area (Å²) in [6.07, 6.45) is 1.08. The van der Waals surface area contributed by atoms with E-state index in [1.54, 1.807) is 0 Å². The van der Waals surface area contributed by atoms with Crippen LogP contribution in [0.4, 0.5) is 0 Å². The van der Waals surface area contributed by atoms with Gasteiger partial charge in [-0.05, 0) is 42.2 Å². The molecule has 19 heavy (non-hydrogen) atoms. The number of aryl methyl sites for hydroxylation is 2. The monoisotopic (exact) mass is 251 g/mol. The molecule has 3 nitrogen and oxygen atoms in total. The number of fused-ring (bicyclic) bond motifs is 1. The van der Waals surface area contributed by atoms with Gasteiger partial charge in [-0.2, -0.15) is 0 Å². The second-order valence-electron chi connectivity index (χ2n) is 4.85. The Morgan fingerprint density at radius 3 is 2.74 bits per heavy atom. The van der Waals surface area contributed by atoms with Crippen molar-refractivity contribution in [1.29, 1.82) is 0 Å². The van der Waals surface area contributed by atoms with Crippen molar-refractivity contribution in [3.63, 3.8) is 0 Å². The third kappa shape index (κ3) is 2.24. The van der Waals surface area contributed by atoms with Crippen LogP contribution in [-0.2, 0) is 13.0 Å². The minimum absolute atomic E-state index is 0.774. The molecule has 0 radical (unpaired) electrons. The van der Waals surface area contributed by atoms with Gasteiger partial charge in [0.1, 0.15) is 5.52 Å². The van der Waals surface area contributed by atoms with Crippen molar-refractivity contribution in [3.05, 3.63) is 59.2 Å². The fraction of sp³-hybridized carbons (Fsp3) is 0.250. The molecule has 3 heteroatoms. The van der Waals surface area contributed by atoms with Crippen LogP contribution in [0.15, 0.2) is 42.5 Å². The Kier molecular flexibility index (Phi) is 3.03. The molecule has 2 aromatic carbocycles. The lowest BCUT2D eigenvalue weighted by atomic mass is 10.0. The lowest BCUT2D eigenvalue weighted by molar-refractivity contribution is 0.667. The molecule has 0 N–H and O–H groups in total. The topological polar surface area (TPSA) is 30.7 Å². The molecule has 0 spiro atoms. The average Bonchev–Trinajstić information content (AvgIpc) is 2.84. The molecule has 0 saturated carbocycles. The molecule has 1 aromatic heterocycles. The first kappa shape index (κ1) is 11.9. The van der Waals surface area contributed by atoms with E-state index in [2.05, 4.69) is 48.4 Å². The van der Waals surface area contributed by atoms with Crippen molar-refractivity contribution >= 4 is 11.0 Å². The van der Waals surface area contributed by atoms with E-state index < -0.39 is 0 Å². The van der Waals surface area contributed by atoms with Gasteiger partial charge in [-0.1, -0.05) is 42.5 Å². The zero-order chi connectivity index (χ0) is 13.2. The minimum Gasteiger partial charge on any atom is -0.240 e. The molecule has 1 heterocycles. The lowest BCUT2D eigenvalue weighted by Crippen LogP contribution is -2.03. The third-order valence-corrected chi connectivity index (χ3v) is 3.56. The molecular formula is C16H17N3. The number of aromatic nitrogens is 3. The molecule has 0 atom stereocenters. The average molecular weight is 251 g/mol. The van der Waals surface area contributed by atoms with Gasteiger partial charge >= 0.3 is 0 Å².